The van der Waals surface area contributed by atoms with Gasteiger partial charge in [-0.1, -0.05) is 13.8 Å². The summed E-state index contributed by atoms with van der Waals surface area (Å²) < 4.78 is 25.3. The summed E-state index contributed by atoms with van der Waals surface area (Å²) in [4.78, 5) is 0. The highest BCUT2D eigenvalue weighted by atomic mass is 19.3. The van der Waals surface area contributed by atoms with E-state index in [0.29, 0.717) is 0 Å². The number of aliphatic hydroxyl groups excluding tert-OH is 1. The van der Waals surface area contributed by atoms with Crippen LogP contribution in [-0.4, -0.2) is 17.1 Å². The monoisotopic (exact) mass is 166 g/mol. The van der Waals surface area contributed by atoms with Gasteiger partial charge in [0.15, 0.2) is 0 Å². The predicted molar refractivity (Wildman–Crippen MR) is 40.7 cm³/mol. The second-order valence-electron chi connectivity index (χ2n) is 3.13. The molecule has 0 amide bonds. The highest BCUT2D eigenvalue weighted by Crippen LogP contribution is 2.27. The SMILES string of the molecule is CCC(F)(F)C[C@@H](C)C(C)O. The average molecular weight is 166 g/mol. The van der Waals surface area contributed by atoms with Crippen LogP contribution in [0.15, 0.2) is 0 Å². The van der Waals surface area contributed by atoms with E-state index >= 15 is 0 Å². The smallest absolute Gasteiger partial charge is 0.248 e. The molecule has 1 N–H and O–H groups in total. The van der Waals surface area contributed by atoms with Gasteiger partial charge in [-0.15, -0.1) is 0 Å². The minimum absolute atomic E-state index is 0.149. The van der Waals surface area contributed by atoms with Gasteiger partial charge in [0.05, 0.1) is 6.10 Å². The molecule has 0 radical (unpaired) electrons. The molecule has 0 aromatic heterocycles. The predicted octanol–water partition coefficient (Wildman–Crippen LogP) is 2.44. The van der Waals surface area contributed by atoms with Crippen LogP contribution in [0, 0.1) is 5.92 Å². The minimum Gasteiger partial charge on any atom is -0.393 e. The maximum absolute atomic E-state index is 12.7. The van der Waals surface area contributed by atoms with E-state index in [1.165, 1.54) is 13.8 Å². The lowest BCUT2D eigenvalue weighted by atomic mass is 9.97. The van der Waals surface area contributed by atoms with Crippen molar-refractivity contribution in [2.45, 2.75) is 45.6 Å². The van der Waals surface area contributed by atoms with Gasteiger partial charge < -0.3 is 5.11 Å². The second kappa shape index (κ2) is 4.00. The molecule has 0 aliphatic carbocycles. The molecule has 0 spiro atoms. The molecule has 0 bridgehead atoms. The molecule has 11 heavy (non-hydrogen) atoms. The lowest BCUT2D eigenvalue weighted by Gasteiger charge is -2.20. The number of halogens is 2. The largest absolute Gasteiger partial charge is 0.393 e. The Morgan fingerprint density at radius 3 is 2.09 bits per heavy atom. The van der Waals surface area contributed by atoms with Crippen molar-refractivity contribution in [2.75, 3.05) is 0 Å². The fraction of sp³-hybridized carbons (Fsp3) is 1.00. The van der Waals surface area contributed by atoms with Crippen molar-refractivity contribution in [3.63, 3.8) is 0 Å². The van der Waals surface area contributed by atoms with Gasteiger partial charge in [0.1, 0.15) is 0 Å². The maximum Gasteiger partial charge on any atom is 0.248 e. The first-order valence-electron chi connectivity index (χ1n) is 3.95. The molecule has 1 nitrogen and oxygen atoms in total. The molecule has 0 heterocycles. The first kappa shape index (κ1) is 10.8. The average Bonchev–Trinajstić information content (AvgIpc) is 1.87. The van der Waals surface area contributed by atoms with Crippen LogP contribution in [-0.2, 0) is 0 Å². The lowest BCUT2D eigenvalue weighted by Crippen LogP contribution is -2.24. The van der Waals surface area contributed by atoms with E-state index in [9.17, 15) is 8.78 Å². The fourth-order valence-corrected chi connectivity index (χ4v) is 0.786. The van der Waals surface area contributed by atoms with Crippen molar-refractivity contribution < 1.29 is 13.9 Å². The van der Waals surface area contributed by atoms with Crippen LogP contribution in [0.1, 0.15) is 33.6 Å². The van der Waals surface area contributed by atoms with Gasteiger partial charge in [0.25, 0.3) is 0 Å². The van der Waals surface area contributed by atoms with Gasteiger partial charge in [0, 0.05) is 12.8 Å². The van der Waals surface area contributed by atoms with E-state index in [4.69, 9.17) is 5.11 Å². The zero-order valence-electron chi connectivity index (χ0n) is 7.27. The summed E-state index contributed by atoms with van der Waals surface area (Å²) in [5.41, 5.74) is 0. The molecule has 0 aliphatic heterocycles. The highest BCUT2D eigenvalue weighted by molar-refractivity contribution is 4.70. The Bertz CT molecular complexity index is 113. The van der Waals surface area contributed by atoms with Gasteiger partial charge in [-0.3, -0.25) is 0 Å². The molecule has 68 valence electrons. The molecule has 0 saturated carbocycles. The molecule has 0 aromatic rings. The molecule has 1 unspecified atom stereocenters. The van der Waals surface area contributed by atoms with Crippen molar-refractivity contribution in [2.24, 2.45) is 5.92 Å². The van der Waals surface area contributed by atoms with E-state index in [1.54, 1.807) is 6.92 Å². The van der Waals surface area contributed by atoms with Crippen LogP contribution in [0.4, 0.5) is 8.78 Å². The topological polar surface area (TPSA) is 20.2 Å². The zero-order chi connectivity index (χ0) is 9.07. The number of hydrogen-bond donors (Lipinski definition) is 1. The standard InChI is InChI=1S/C8H16F2O/c1-4-8(9,10)5-6(2)7(3)11/h6-7,11H,4-5H2,1-3H3/t6-,7?/m1/s1. The Kier molecular flexibility index (Phi) is 3.93. The Balaban J connectivity index is 3.83. The maximum atomic E-state index is 12.7. The Morgan fingerprint density at radius 1 is 1.36 bits per heavy atom. The highest BCUT2D eigenvalue weighted by Gasteiger charge is 2.29. The molecule has 0 fully saturated rings. The van der Waals surface area contributed by atoms with Crippen LogP contribution in [0.3, 0.4) is 0 Å². The van der Waals surface area contributed by atoms with Gasteiger partial charge in [0.2, 0.25) is 5.92 Å². The molecule has 0 aliphatic rings. The third-order valence-corrected chi connectivity index (χ3v) is 1.96. The lowest BCUT2D eigenvalue weighted by molar-refractivity contribution is -0.0409. The number of hydrogen-bond acceptors (Lipinski definition) is 1. The molecular weight excluding hydrogens is 150 g/mol. The van der Waals surface area contributed by atoms with E-state index in [2.05, 4.69) is 0 Å². The summed E-state index contributed by atoms with van der Waals surface area (Å²) in [6.07, 6.45) is -1.02. The van der Waals surface area contributed by atoms with Gasteiger partial charge in [-0.2, -0.15) is 0 Å². The summed E-state index contributed by atoms with van der Waals surface area (Å²) in [5.74, 6) is -2.94. The van der Waals surface area contributed by atoms with Gasteiger partial charge >= 0.3 is 0 Å². The van der Waals surface area contributed by atoms with Crippen LogP contribution < -0.4 is 0 Å². The quantitative estimate of drug-likeness (QED) is 0.680. The van der Waals surface area contributed by atoms with Crippen molar-refractivity contribution in [3.8, 4) is 0 Å². The minimum atomic E-state index is -2.61. The van der Waals surface area contributed by atoms with Crippen LogP contribution in [0.2, 0.25) is 0 Å². The number of alkyl halides is 2. The molecule has 0 rings (SSSR count). The molecular formula is C8H16F2O. The Hall–Kier alpha value is -0.180. The normalized spacial score (nSPS) is 18.0. The first-order valence-corrected chi connectivity index (χ1v) is 3.95. The Morgan fingerprint density at radius 2 is 1.82 bits per heavy atom. The van der Waals surface area contributed by atoms with Gasteiger partial charge in [-0.05, 0) is 12.8 Å². The molecule has 0 aromatic carbocycles. The summed E-state index contributed by atoms with van der Waals surface area (Å²) in [6.45, 7) is 4.62. The second-order valence-corrected chi connectivity index (χ2v) is 3.13. The van der Waals surface area contributed by atoms with Crippen LogP contribution >= 0.6 is 0 Å². The van der Waals surface area contributed by atoms with Gasteiger partial charge in [-0.25, -0.2) is 8.78 Å². The van der Waals surface area contributed by atoms with Crippen molar-refractivity contribution >= 4 is 0 Å². The van der Waals surface area contributed by atoms with Crippen molar-refractivity contribution in [3.05, 3.63) is 0 Å². The Labute approximate surface area is 66.4 Å². The number of aliphatic hydroxyl groups is 1. The van der Waals surface area contributed by atoms with Crippen molar-refractivity contribution in [1.29, 1.82) is 0 Å². The third-order valence-electron chi connectivity index (χ3n) is 1.96. The van der Waals surface area contributed by atoms with E-state index in [-0.39, 0.29) is 18.8 Å². The van der Waals surface area contributed by atoms with Crippen LogP contribution in [0.25, 0.3) is 0 Å². The van der Waals surface area contributed by atoms with Crippen LogP contribution in [0.5, 0.6) is 0 Å². The zero-order valence-corrected chi connectivity index (χ0v) is 7.27. The fourth-order valence-electron chi connectivity index (χ4n) is 0.786. The third kappa shape index (κ3) is 4.30. The molecule has 3 heteroatoms. The summed E-state index contributed by atoms with van der Waals surface area (Å²) >= 11 is 0. The van der Waals surface area contributed by atoms with E-state index in [0.717, 1.165) is 0 Å². The van der Waals surface area contributed by atoms with E-state index in [1.807, 2.05) is 0 Å². The molecule has 2 atom stereocenters. The summed E-state index contributed by atoms with van der Waals surface area (Å²) in [7, 11) is 0. The summed E-state index contributed by atoms with van der Waals surface area (Å²) in [6, 6.07) is 0. The van der Waals surface area contributed by atoms with E-state index < -0.39 is 12.0 Å². The number of rotatable bonds is 4. The van der Waals surface area contributed by atoms with Crippen molar-refractivity contribution in [1.82, 2.24) is 0 Å². The first-order chi connectivity index (χ1) is 4.89. The molecule has 0 saturated heterocycles. The summed E-state index contributed by atoms with van der Waals surface area (Å²) in [5, 5.41) is 8.95.